The van der Waals surface area contributed by atoms with E-state index in [1.165, 1.54) is 143 Å². The van der Waals surface area contributed by atoms with E-state index in [2.05, 4.69) is 279 Å². The van der Waals surface area contributed by atoms with Crippen LogP contribution in [0.3, 0.4) is 0 Å². The van der Waals surface area contributed by atoms with E-state index in [-0.39, 0.29) is 0 Å². The minimum Gasteiger partial charge on any atom is -0.0622 e. The van der Waals surface area contributed by atoms with Crippen LogP contribution in [0.1, 0.15) is 0 Å². The second-order valence-corrected chi connectivity index (χ2v) is 19.2. The molecule has 0 saturated heterocycles. The molecule has 0 aliphatic heterocycles. The van der Waals surface area contributed by atoms with Gasteiger partial charge in [-0.15, -0.1) is 0 Å². The third-order valence-electron chi connectivity index (χ3n) is 15.1. The summed E-state index contributed by atoms with van der Waals surface area (Å²) in [6, 6.07) is 103. The molecule has 0 fully saturated rings. The Morgan fingerprint density at radius 1 is 0.139 bits per heavy atom. The first-order valence-electron chi connectivity index (χ1n) is 25.0. The molecular weight excluding hydrogens is 865 g/mol. The van der Waals surface area contributed by atoms with E-state index in [1.807, 2.05) is 0 Å². The average molecular weight is 911 g/mol. The number of rotatable bonds is 8. The second-order valence-electron chi connectivity index (χ2n) is 19.2. The Labute approximate surface area is 419 Å². The molecule has 0 amide bonds. The summed E-state index contributed by atoms with van der Waals surface area (Å²) in [6.45, 7) is 0. The van der Waals surface area contributed by atoms with Crippen LogP contribution in [-0.4, -0.2) is 0 Å². The Bertz CT molecular complexity index is 4020. The van der Waals surface area contributed by atoms with Gasteiger partial charge >= 0.3 is 0 Å². The van der Waals surface area contributed by atoms with Gasteiger partial charge in [0.05, 0.1) is 0 Å². The molecule has 0 radical (unpaired) electrons. The van der Waals surface area contributed by atoms with Crippen LogP contribution in [0.5, 0.6) is 0 Å². The highest BCUT2D eigenvalue weighted by molar-refractivity contribution is 6.32. The summed E-state index contributed by atoms with van der Waals surface area (Å²) in [5.41, 5.74) is 19.4. The Balaban J connectivity index is 0.991. The van der Waals surface area contributed by atoms with Crippen molar-refractivity contribution in [2.24, 2.45) is 0 Å². The smallest absolute Gasteiger partial charge is 0.00139 e. The van der Waals surface area contributed by atoms with Crippen LogP contribution in [0, 0.1) is 0 Å². The first-order valence-corrected chi connectivity index (χ1v) is 25.0. The van der Waals surface area contributed by atoms with Crippen molar-refractivity contribution in [2.75, 3.05) is 0 Å². The van der Waals surface area contributed by atoms with Crippen molar-refractivity contribution in [3.8, 4) is 89.0 Å². The van der Waals surface area contributed by atoms with Gasteiger partial charge in [-0.05, 0) is 167 Å². The summed E-state index contributed by atoms with van der Waals surface area (Å²) in [7, 11) is 0. The van der Waals surface area contributed by atoms with Crippen LogP contribution >= 0.6 is 0 Å². The zero-order valence-corrected chi connectivity index (χ0v) is 39.6. The molecule has 0 aromatic heterocycles. The molecule has 0 heteroatoms. The van der Waals surface area contributed by atoms with Crippen molar-refractivity contribution in [2.45, 2.75) is 0 Å². The average Bonchev–Trinajstić information content (AvgIpc) is 3.46. The highest BCUT2D eigenvalue weighted by Gasteiger charge is 2.22. The predicted octanol–water partition coefficient (Wildman–Crippen LogP) is 20.2. The summed E-state index contributed by atoms with van der Waals surface area (Å²) in [4.78, 5) is 0. The van der Waals surface area contributed by atoms with Gasteiger partial charge in [-0.25, -0.2) is 0 Å². The number of fused-ring (bicyclic) bond motifs is 2. The quantitative estimate of drug-likeness (QED) is 0.133. The minimum atomic E-state index is 1.20. The zero-order chi connectivity index (χ0) is 47.5. The van der Waals surface area contributed by atoms with E-state index in [9.17, 15) is 0 Å². The van der Waals surface area contributed by atoms with Crippen molar-refractivity contribution in [3.63, 3.8) is 0 Å². The van der Waals surface area contributed by atoms with Gasteiger partial charge in [0.25, 0.3) is 0 Å². The van der Waals surface area contributed by atoms with E-state index in [0.29, 0.717) is 0 Å². The molecular formula is C72H46. The van der Waals surface area contributed by atoms with Gasteiger partial charge in [-0.1, -0.05) is 255 Å². The Morgan fingerprint density at radius 2 is 0.375 bits per heavy atom. The molecule has 72 heavy (non-hydrogen) atoms. The molecule has 0 unspecified atom stereocenters. The molecule has 0 N–H and O–H groups in total. The monoisotopic (exact) mass is 910 g/mol. The van der Waals surface area contributed by atoms with Gasteiger partial charge in [0.2, 0.25) is 0 Å². The second kappa shape index (κ2) is 17.2. The van der Waals surface area contributed by atoms with Crippen LogP contribution in [0.15, 0.2) is 279 Å². The molecule has 0 spiro atoms. The van der Waals surface area contributed by atoms with E-state index >= 15 is 0 Å². The fraction of sp³-hybridized carbons (Fsp3) is 0. The van der Waals surface area contributed by atoms with Crippen molar-refractivity contribution in [1.82, 2.24) is 0 Å². The summed E-state index contributed by atoms with van der Waals surface area (Å²) in [5.74, 6) is 0. The van der Waals surface area contributed by atoms with Gasteiger partial charge in [-0.3, -0.25) is 0 Å². The molecule has 334 valence electrons. The minimum absolute atomic E-state index is 1.20. The molecule has 0 heterocycles. The third kappa shape index (κ3) is 7.24. The van der Waals surface area contributed by atoms with Crippen LogP contribution < -0.4 is 0 Å². The lowest BCUT2D eigenvalue weighted by molar-refractivity contribution is 1.59. The Hall–Kier alpha value is -9.36. The number of hydrogen-bond acceptors (Lipinski definition) is 0. The standard InChI is InChI=1S/C72H46/c1-3-11-47(12-4-1)51-19-29-55(30-20-51)67-45-69(57-33-23-53(24-34-57)61-37-27-49-15-7-9-17-59(49)43-61)65-42-40-64-68(56-31-21-52(22-32-56)48-13-5-2-6-14-48)46-70(66-41-39-63(67)71(65)72(64)66)58-35-25-54(26-36-58)62-38-28-50-16-8-10-18-60(50)44-62/h1-46H. The molecule has 0 atom stereocenters. The van der Waals surface area contributed by atoms with Crippen LogP contribution in [0.25, 0.3) is 143 Å². The lowest BCUT2D eigenvalue weighted by atomic mass is 9.81. The summed E-state index contributed by atoms with van der Waals surface area (Å²) < 4.78 is 0. The molecule has 0 bridgehead atoms. The van der Waals surface area contributed by atoms with Crippen molar-refractivity contribution in [1.29, 1.82) is 0 Å². The van der Waals surface area contributed by atoms with E-state index in [0.717, 1.165) is 0 Å². The molecule has 0 aliphatic rings. The topological polar surface area (TPSA) is 0 Å². The van der Waals surface area contributed by atoms with Gasteiger partial charge < -0.3 is 0 Å². The maximum atomic E-state index is 2.44. The van der Waals surface area contributed by atoms with Crippen LogP contribution in [0.4, 0.5) is 0 Å². The van der Waals surface area contributed by atoms with Crippen LogP contribution in [0.2, 0.25) is 0 Å². The fourth-order valence-electron chi connectivity index (χ4n) is 11.3. The summed E-state index contributed by atoms with van der Waals surface area (Å²) in [5, 5.41) is 12.6. The highest BCUT2D eigenvalue weighted by atomic mass is 14.2. The molecule has 0 nitrogen and oxygen atoms in total. The van der Waals surface area contributed by atoms with Gasteiger partial charge in [0.15, 0.2) is 0 Å². The maximum Gasteiger partial charge on any atom is -0.00139 e. The van der Waals surface area contributed by atoms with Crippen molar-refractivity contribution < 1.29 is 0 Å². The first-order chi connectivity index (χ1) is 35.7. The lowest BCUT2D eigenvalue weighted by Gasteiger charge is -2.22. The van der Waals surface area contributed by atoms with Crippen molar-refractivity contribution in [3.05, 3.63) is 279 Å². The molecule has 14 aromatic rings. The van der Waals surface area contributed by atoms with Gasteiger partial charge in [0.1, 0.15) is 0 Å². The van der Waals surface area contributed by atoms with Crippen LogP contribution in [-0.2, 0) is 0 Å². The lowest BCUT2D eigenvalue weighted by Crippen LogP contribution is -1.94. The molecule has 14 rings (SSSR count). The molecule has 14 aromatic carbocycles. The first kappa shape index (κ1) is 41.6. The Kier molecular flexibility index (Phi) is 9.96. The van der Waals surface area contributed by atoms with E-state index in [4.69, 9.17) is 0 Å². The molecule has 0 saturated carbocycles. The fourth-order valence-corrected chi connectivity index (χ4v) is 11.3. The number of benzene rings is 14. The Morgan fingerprint density at radius 3 is 0.694 bits per heavy atom. The van der Waals surface area contributed by atoms with Gasteiger partial charge in [-0.2, -0.15) is 0 Å². The summed E-state index contributed by atoms with van der Waals surface area (Å²) >= 11 is 0. The van der Waals surface area contributed by atoms with E-state index < -0.39 is 0 Å². The third-order valence-corrected chi connectivity index (χ3v) is 15.1. The summed E-state index contributed by atoms with van der Waals surface area (Å²) in [6.07, 6.45) is 0. The van der Waals surface area contributed by atoms with Gasteiger partial charge in [0, 0.05) is 0 Å². The highest BCUT2D eigenvalue weighted by Crippen LogP contribution is 2.49. The number of hydrogen-bond donors (Lipinski definition) is 0. The van der Waals surface area contributed by atoms with E-state index in [1.54, 1.807) is 0 Å². The SMILES string of the molecule is c1ccc(-c2ccc(-c3cc(-c4ccc(-c5ccc6ccccc6c5)cc4)c4ccc5c(-c6ccc(-c7ccccc7)cc6)cc(-c6ccc(-c7ccc8ccccc8c7)cc6)c6ccc3c4c56)cc2)cc1. The normalized spacial score (nSPS) is 11.6. The largest absolute Gasteiger partial charge is 0.0622 e. The molecule has 0 aliphatic carbocycles. The van der Waals surface area contributed by atoms with Crippen molar-refractivity contribution >= 4 is 53.9 Å². The maximum absolute atomic E-state index is 2.44. The predicted molar refractivity (Wildman–Crippen MR) is 309 cm³/mol. The zero-order valence-electron chi connectivity index (χ0n) is 39.6.